The lowest BCUT2D eigenvalue weighted by atomic mass is 10.1. The molecule has 25 heavy (non-hydrogen) atoms. The number of para-hydroxylation sites is 2. The number of aromatic nitrogens is 2. The van der Waals surface area contributed by atoms with Crippen molar-refractivity contribution in [2.45, 2.75) is 6.61 Å². The fraction of sp³-hybridized carbons (Fsp3) is 0.118. The number of hydrogen-bond acceptors (Lipinski definition) is 4. The fourth-order valence-electron chi connectivity index (χ4n) is 2.42. The van der Waals surface area contributed by atoms with E-state index in [0.29, 0.717) is 10.8 Å². The lowest BCUT2D eigenvalue weighted by Gasteiger charge is -2.12. The summed E-state index contributed by atoms with van der Waals surface area (Å²) in [5, 5.41) is 7.19. The number of nitrogens with zero attached hydrogens (tertiary/aromatic N) is 2. The summed E-state index contributed by atoms with van der Waals surface area (Å²) < 4.78 is 30.4. The van der Waals surface area contributed by atoms with Gasteiger partial charge in [-0.15, -0.1) is 0 Å². The van der Waals surface area contributed by atoms with Crippen LogP contribution in [0.5, 0.6) is 5.75 Å². The molecule has 0 spiro atoms. The number of alkyl halides is 2. The number of carbonyl (C=O) groups excluding carboxylic acids is 1. The quantitative estimate of drug-likeness (QED) is 0.789. The van der Waals surface area contributed by atoms with Gasteiger partial charge in [0.05, 0.1) is 11.1 Å². The van der Waals surface area contributed by atoms with Crippen molar-refractivity contribution < 1.29 is 18.3 Å². The molecule has 1 heterocycles. The molecule has 128 valence electrons. The molecule has 0 aliphatic carbocycles. The summed E-state index contributed by atoms with van der Waals surface area (Å²) in [7, 11) is 1.43. The number of halogens is 2. The minimum Gasteiger partial charge on any atom is -0.433 e. The zero-order chi connectivity index (χ0) is 18.0. The summed E-state index contributed by atoms with van der Waals surface area (Å²) in [5.74, 6) is -0.808. The van der Waals surface area contributed by atoms with Crippen molar-refractivity contribution in [1.29, 1.82) is 0 Å². The van der Waals surface area contributed by atoms with Crippen LogP contribution in [0.25, 0.3) is 10.8 Å². The van der Waals surface area contributed by atoms with E-state index in [9.17, 15) is 18.4 Å². The summed E-state index contributed by atoms with van der Waals surface area (Å²) in [5.41, 5.74) is -0.259. The van der Waals surface area contributed by atoms with Crippen molar-refractivity contribution in [3.8, 4) is 5.75 Å². The Kier molecular flexibility index (Phi) is 4.42. The van der Waals surface area contributed by atoms with Gasteiger partial charge in [0.1, 0.15) is 5.75 Å². The number of aryl methyl sites for hydroxylation is 1. The first-order valence-electron chi connectivity index (χ1n) is 7.28. The van der Waals surface area contributed by atoms with Crippen molar-refractivity contribution in [2.75, 3.05) is 5.32 Å². The van der Waals surface area contributed by atoms with E-state index in [-0.39, 0.29) is 22.7 Å². The SMILES string of the molecule is Cn1nc(C(=O)Nc2ccccc2OC(F)F)c2ccccc2c1=O. The molecular weight excluding hydrogens is 332 g/mol. The molecule has 2 aromatic carbocycles. The van der Waals surface area contributed by atoms with Crippen LogP contribution >= 0.6 is 0 Å². The monoisotopic (exact) mass is 345 g/mol. The van der Waals surface area contributed by atoms with E-state index < -0.39 is 12.5 Å². The minimum atomic E-state index is -3.02. The third-order valence-electron chi connectivity index (χ3n) is 3.52. The summed E-state index contributed by atoms with van der Waals surface area (Å²) in [4.78, 5) is 24.7. The molecule has 1 amide bonds. The summed E-state index contributed by atoms with van der Waals surface area (Å²) in [6, 6.07) is 12.4. The zero-order valence-electron chi connectivity index (χ0n) is 13.1. The Balaban J connectivity index is 2.02. The summed E-state index contributed by atoms with van der Waals surface area (Å²) in [6.07, 6.45) is 0. The first kappa shape index (κ1) is 16.6. The van der Waals surface area contributed by atoms with Crippen molar-refractivity contribution in [1.82, 2.24) is 9.78 Å². The van der Waals surface area contributed by atoms with E-state index in [1.54, 1.807) is 30.3 Å². The number of benzene rings is 2. The summed E-state index contributed by atoms with van der Waals surface area (Å²) in [6.45, 7) is -3.02. The van der Waals surface area contributed by atoms with Crippen LogP contribution in [0.4, 0.5) is 14.5 Å². The van der Waals surface area contributed by atoms with Gasteiger partial charge in [-0.3, -0.25) is 9.59 Å². The molecule has 8 heteroatoms. The number of nitrogens with one attached hydrogen (secondary N) is 1. The van der Waals surface area contributed by atoms with Gasteiger partial charge in [0.25, 0.3) is 11.5 Å². The van der Waals surface area contributed by atoms with Crippen LogP contribution in [-0.2, 0) is 7.05 Å². The number of anilines is 1. The molecule has 0 saturated heterocycles. The molecule has 0 bridgehead atoms. The maximum atomic E-state index is 12.6. The number of ether oxygens (including phenoxy) is 1. The Morgan fingerprint density at radius 2 is 1.76 bits per heavy atom. The highest BCUT2D eigenvalue weighted by molar-refractivity contribution is 6.11. The molecule has 0 aliphatic heterocycles. The van der Waals surface area contributed by atoms with Gasteiger partial charge in [-0.05, 0) is 18.2 Å². The maximum absolute atomic E-state index is 12.6. The largest absolute Gasteiger partial charge is 0.433 e. The third kappa shape index (κ3) is 3.32. The predicted octanol–water partition coefficient (Wildman–Crippen LogP) is 2.79. The second-order valence-electron chi connectivity index (χ2n) is 5.15. The molecule has 0 fully saturated rings. The van der Waals surface area contributed by atoms with Crippen LogP contribution in [0.3, 0.4) is 0 Å². The van der Waals surface area contributed by atoms with Crippen LogP contribution in [0.15, 0.2) is 53.3 Å². The van der Waals surface area contributed by atoms with Crippen LogP contribution in [-0.4, -0.2) is 22.3 Å². The second-order valence-corrected chi connectivity index (χ2v) is 5.15. The molecular formula is C17H13F2N3O3. The smallest absolute Gasteiger partial charge is 0.387 e. The van der Waals surface area contributed by atoms with Gasteiger partial charge >= 0.3 is 6.61 Å². The van der Waals surface area contributed by atoms with Crippen LogP contribution in [0, 0.1) is 0 Å². The van der Waals surface area contributed by atoms with Crippen LogP contribution in [0.2, 0.25) is 0 Å². The predicted molar refractivity (Wildman–Crippen MR) is 88.0 cm³/mol. The first-order chi connectivity index (χ1) is 12.0. The third-order valence-corrected chi connectivity index (χ3v) is 3.52. The molecule has 0 radical (unpaired) electrons. The number of fused-ring (bicyclic) bond motifs is 1. The normalized spacial score (nSPS) is 10.9. The van der Waals surface area contributed by atoms with Gasteiger partial charge in [0.15, 0.2) is 5.69 Å². The van der Waals surface area contributed by atoms with E-state index in [2.05, 4.69) is 15.2 Å². The van der Waals surface area contributed by atoms with E-state index in [1.165, 1.54) is 25.2 Å². The molecule has 3 rings (SSSR count). The lowest BCUT2D eigenvalue weighted by molar-refractivity contribution is -0.0493. The molecule has 0 saturated carbocycles. The average molecular weight is 345 g/mol. The maximum Gasteiger partial charge on any atom is 0.387 e. The number of hydrogen-bond donors (Lipinski definition) is 1. The Labute approximate surface area is 140 Å². The van der Waals surface area contributed by atoms with E-state index in [1.807, 2.05) is 0 Å². The first-order valence-corrected chi connectivity index (χ1v) is 7.28. The van der Waals surface area contributed by atoms with Gasteiger partial charge in [0.2, 0.25) is 0 Å². The zero-order valence-corrected chi connectivity index (χ0v) is 13.1. The number of carbonyl (C=O) groups is 1. The molecule has 1 aromatic heterocycles. The summed E-state index contributed by atoms with van der Waals surface area (Å²) >= 11 is 0. The van der Waals surface area contributed by atoms with Crippen LogP contribution in [0.1, 0.15) is 10.5 Å². The Morgan fingerprint density at radius 1 is 1.12 bits per heavy atom. The van der Waals surface area contributed by atoms with Crippen molar-refractivity contribution in [2.24, 2.45) is 7.05 Å². The van der Waals surface area contributed by atoms with Crippen LogP contribution < -0.4 is 15.6 Å². The average Bonchev–Trinajstić information content (AvgIpc) is 2.59. The van der Waals surface area contributed by atoms with Crippen molar-refractivity contribution in [3.05, 3.63) is 64.6 Å². The topological polar surface area (TPSA) is 73.2 Å². The van der Waals surface area contributed by atoms with Gasteiger partial charge < -0.3 is 10.1 Å². The van der Waals surface area contributed by atoms with Crippen molar-refractivity contribution in [3.63, 3.8) is 0 Å². The van der Waals surface area contributed by atoms with Crippen molar-refractivity contribution >= 4 is 22.4 Å². The minimum absolute atomic E-state index is 0.00421. The van der Waals surface area contributed by atoms with E-state index >= 15 is 0 Å². The standard InChI is InChI=1S/C17H13F2N3O3/c1-22-16(24)11-7-3-2-6-10(11)14(21-22)15(23)20-12-8-4-5-9-13(12)25-17(18)19/h2-9,17H,1H3,(H,20,23). The highest BCUT2D eigenvalue weighted by Crippen LogP contribution is 2.26. The van der Waals surface area contributed by atoms with Gasteiger partial charge in [-0.1, -0.05) is 30.3 Å². The lowest BCUT2D eigenvalue weighted by Crippen LogP contribution is -2.25. The second kappa shape index (κ2) is 6.68. The van der Waals surface area contributed by atoms with Gasteiger partial charge in [-0.25, -0.2) is 4.68 Å². The number of rotatable bonds is 4. The molecule has 0 atom stereocenters. The number of amides is 1. The Morgan fingerprint density at radius 3 is 2.48 bits per heavy atom. The Bertz CT molecular complexity index is 1000. The molecule has 1 N–H and O–H groups in total. The Hall–Kier alpha value is -3.29. The van der Waals surface area contributed by atoms with E-state index in [0.717, 1.165) is 4.68 Å². The molecule has 0 aliphatic rings. The highest BCUT2D eigenvalue weighted by atomic mass is 19.3. The highest BCUT2D eigenvalue weighted by Gasteiger charge is 2.18. The molecule has 3 aromatic rings. The van der Waals surface area contributed by atoms with E-state index in [4.69, 9.17) is 0 Å². The molecule has 6 nitrogen and oxygen atoms in total. The molecule has 0 unspecified atom stereocenters. The van der Waals surface area contributed by atoms with Gasteiger partial charge in [0, 0.05) is 12.4 Å². The fourth-order valence-corrected chi connectivity index (χ4v) is 2.42. The van der Waals surface area contributed by atoms with Gasteiger partial charge in [-0.2, -0.15) is 13.9 Å².